The monoisotopic (exact) mass is 363 g/mol. The van der Waals surface area contributed by atoms with Crippen LogP contribution in [-0.4, -0.2) is 37.1 Å². The minimum absolute atomic E-state index is 0.0395. The zero-order valence-corrected chi connectivity index (χ0v) is 16.5. The van der Waals surface area contributed by atoms with Crippen LogP contribution < -0.4 is 10.2 Å². The topological polar surface area (TPSA) is 35.6 Å². The molecule has 1 heterocycles. The van der Waals surface area contributed by atoms with Crippen molar-refractivity contribution in [3.8, 4) is 0 Å². The first-order chi connectivity index (χ1) is 12.9. The van der Waals surface area contributed by atoms with Gasteiger partial charge in [-0.1, -0.05) is 42.5 Å². The molecule has 4 heteroatoms. The number of amides is 2. The number of urea groups is 1. The molecule has 0 aromatic heterocycles. The fraction of sp³-hybridized carbons (Fsp3) is 0.435. The third-order valence-electron chi connectivity index (χ3n) is 6.59. The Balaban J connectivity index is 1.55. The molecule has 142 valence electrons. The largest absolute Gasteiger partial charge is 0.330 e. The van der Waals surface area contributed by atoms with Gasteiger partial charge in [0.25, 0.3) is 0 Å². The summed E-state index contributed by atoms with van der Waals surface area (Å²) >= 11 is 0. The van der Waals surface area contributed by atoms with Crippen LogP contribution in [0.15, 0.2) is 54.6 Å². The van der Waals surface area contributed by atoms with Gasteiger partial charge < -0.3 is 5.32 Å². The maximum absolute atomic E-state index is 12.7. The molecule has 1 aliphatic heterocycles. The van der Waals surface area contributed by atoms with E-state index >= 15 is 0 Å². The molecule has 0 radical (unpaired) electrons. The average molecular weight is 364 g/mol. The summed E-state index contributed by atoms with van der Waals surface area (Å²) in [5, 5.41) is 3.33. The van der Waals surface area contributed by atoms with Crippen LogP contribution in [0.3, 0.4) is 0 Å². The average Bonchev–Trinajstić information content (AvgIpc) is 2.99. The molecule has 0 atom stereocenters. The highest BCUT2D eigenvalue weighted by Crippen LogP contribution is 2.46. The van der Waals surface area contributed by atoms with Crippen LogP contribution in [0.4, 0.5) is 10.5 Å². The first-order valence-electron chi connectivity index (χ1n) is 9.84. The van der Waals surface area contributed by atoms with Gasteiger partial charge in [0, 0.05) is 11.2 Å². The van der Waals surface area contributed by atoms with E-state index in [9.17, 15) is 4.79 Å². The fourth-order valence-corrected chi connectivity index (χ4v) is 4.88. The molecule has 2 aromatic rings. The molecule has 27 heavy (non-hydrogen) atoms. The smallest absolute Gasteiger partial charge is 0.322 e. The molecule has 1 saturated heterocycles. The van der Waals surface area contributed by atoms with Crippen molar-refractivity contribution in [1.82, 2.24) is 10.2 Å². The van der Waals surface area contributed by atoms with E-state index in [1.807, 2.05) is 17.0 Å². The maximum Gasteiger partial charge on any atom is 0.322 e. The first kappa shape index (κ1) is 18.1. The molecule has 2 amide bonds. The number of hydrogen-bond acceptors (Lipinski definition) is 2. The zero-order valence-electron chi connectivity index (χ0n) is 16.5. The summed E-state index contributed by atoms with van der Waals surface area (Å²) in [4.78, 5) is 17.0. The van der Waals surface area contributed by atoms with Gasteiger partial charge in [-0.25, -0.2) is 4.79 Å². The van der Waals surface area contributed by atoms with Gasteiger partial charge in [0.05, 0.1) is 12.1 Å². The molecule has 4 nitrogen and oxygen atoms in total. The van der Waals surface area contributed by atoms with Gasteiger partial charge in [0.2, 0.25) is 0 Å². The number of rotatable bonds is 3. The van der Waals surface area contributed by atoms with E-state index in [2.05, 4.69) is 73.7 Å². The number of aryl methyl sites for hydroxylation is 1. The molecule has 2 aliphatic rings. The van der Waals surface area contributed by atoms with Crippen molar-refractivity contribution in [2.75, 3.05) is 25.5 Å². The van der Waals surface area contributed by atoms with Crippen molar-refractivity contribution < 1.29 is 4.79 Å². The highest BCUT2D eigenvalue weighted by atomic mass is 16.2. The minimum atomic E-state index is -0.116. The predicted molar refractivity (Wildman–Crippen MR) is 110 cm³/mol. The standard InChI is InChI=1S/C23H29N3O/c1-18-8-7-11-20(16-18)26-17-22(24-21(26)27)12-14-23(15-13-22,25(2)3)19-9-5-4-6-10-19/h4-11,16H,12-15,17H2,1-3H3,(H,24,27)/t22-,23+. The molecule has 1 N–H and O–H groups in total. The van der Waals surface area contributed by atoms with Crippen molar-refractivity contribution in [3.05, 3.63) is 65.7 Å². The third-order valence-corrected chi connectivity index (χ3v) is 6.59. The number of hydrogen-bond donors (Lipinski definition) is 1. The van der Waals surface area contributed by atoms with E-state index < -0.39 is 0 Å². The fourth-order valence-electron chi connectivity index (χ4n) is 4.88. The van der Waals surface area contributed by atoms with Crippen molar-refractivity contribution in [1.29, 1.82) is 0 Å². The summed E-state index contributed by atoms with van der Waals surface area (Å²) < 4.78 is 0. The van der Waals surface area contributed by atoms with Crippen LogP contribution in [0.1, 0.15) is 36.8 Å². The van der Waals surface area contributed by atoms with Crippen LogP contribution in [-0.2, 0) is 5.54 Å². The molecule has 4 rings (SSSR count). The van der Waals surface area contributed by atoms with Crippen LogP contribution in [0.5, 0.6) is 0 Å². The first-order valence-corrected chi connectivity index (χ1v) is 9.84. The second kappa shape index (κ2) is 6.68. The summed E-state index contributed by atoms with van der Waals surface area (Å²) in [6.45, 7) is 2.83. The summed E-state index contributed by atoms with van der Waals surface area (Å²) in [7, 11) is 4.36. The molecule has 1 spiro atoms. The lowest BCUT2D eigenvalue weighted by Crippen LogP contribution is -2.54. The van der Waals surface area contributed by atoms with Gasteiger partial charge in [0.1, 0.15) is 0 Å². The number of nitrogens with zero attached hydrogens (tertiary/aromatic N) is 2. The summed E-state index contributed by atoms with van der Waals surface area (Å²) in [5.41, 5.74) is 3.49. The number of anilines is 1. The van der Waals surface area contributed by atoms with Gasteiger partial charge in [-0.3, -0.25) is 9.80 Å². The molecular formula is C23H29N3O. The molecule has 1 saturated carbocycles. The Kier molecular flexibility index (Phi) is 4.47. The molecule has 2 fully saturated rings. The summed E-state index contributed by atoms with van der Waals surface area (Å²) in [6.07, 6.45) is 4.08. The molecular weight excluding hydrogens is 334 g/mol. The molecule has 0 unspecified atom stereocenters. The summed E-state index contributed by atoms with van der Waals surface area (Å²) in [5.74, 6) is 0. The second-order valence-electron chi connectivity index (χ2n) is 8.43. The maximum atomic E-state index is 12.7. The molecule has 2 aromatic carbocycles. The van der Waals surface area contributed by atoms with Gasteiger partial charge >= 0.3 is 6.03 Å². The molecule has 1 aliphatic carbocycles. The quantitative estimate of drug-likeness (QED) is 0.883. The zero-order chi connectivity index (χ0) is 19.1. The van der Waals surface area contributed by atoms with Gasteiger partial charge in [-0.2, -0.15) is 0 Å². The lowest BCUT2D eigenvalue weighted by atomic mass is 9.69. The third kappa shape index (κ3) is 3.12. The number of carbonyl (C=O) groups is 1. The summed E-state index contributed by atoms with van der Waals surface area (Å²) in [6, 6.07) is 19.1. The highest BCUT2D eigenvalue weighted by Gasteiger charge is 2.50. The van der Waals surface area contributed by atoms with Gasteiger partial charge in [-0.15, -0.1) is 0 Å². The van der Waals surface area contributed by atoms with E-state index in [4.69, 9.17) is 0 Å². The lowest BCUT2D eigenvalue weighted by Gasteiger charge is -2.48. The van der Waals surface area contributed by atoms with Crippen LogP contribution >= 0.6 is 0 Å². The number of nitrogens with one attached hydrogen (secondary N) is 1. The normalized spacial score (nSPS) is 28.0. The Hall–Kier alpha value is -2.33. The van der Waals surface area contributed by atoms with Crippen molar-refractivity contribution >= 4 is 11.7 Å². The Bertz CT molecular complexity index is 823. The van der Waals surface area contributed by atoms with Crippen LogP contribution in [0.25, 0.3) is 0 Å². The van der Waals surface area contributed by atoms with Crippen LogP contribution in [0, 0.1) is 6.92 Å². The predicted octanol–water partition coefficient (Wildman–Crippen LogP) is 4.29. The SMILES string of the molecule is Cc1cccc(N2C[C@]3(CC[C@](c4ccccc4)(N(C)C)CC3)NC2=O)c1. The van der Waals surface area contributed by atoms with Crippen molar-refractivity contribution in [2.45, 2.75) is 43.7 Å². The van der Waals surface area contributed by atoms with E-state index in [-0.39, 0.29) is 17.1 Å². The second-order valence-corrected chi connectivity index (χ2v) is 8.43. The Morgan fingerprint density at radius 2 is 1.67 bits per heavy atom. The Morgan fingerprint density at radius 3 is 2.30 bits per heavy atom. The lowest BCUT2D eigenvalue weighted by molar-refractivity contribution is 0.0658. The number of benzene rings is 2. The van der Waals surface area contributed by atoms with Crippen LogP contribution in [0.2, 0.25) is 0 Å². The van der Waals surface area contributed by atoms with E-state index in [0.717, 1.165) is 37.9 Å². The Labute approximate surface area is 162 Å². The Morgan fingerprint density at radius 1 is 0.963 bits per heavy atom. The van der Waals surface area contributed by atoms with E-state index in [1.165, 1.54) is 11.1 Å². The van der Waals surface area contributed by atoms with Crippen molar-refractivity contribution in [3.63, 3.8) is 0 Å². The highest BCUT2D eigenvalue weighted by molar-refractivity contribution is 5.95. The molecule has 0 bridgehead atoms. The van der Waals surface area contributed by atoms with E-state index in [0.29, 0.717) is 0 Å². The van der Waals surface area contributed by atoms with Gasteiger partial charge in [-0.05, 0) is 70.0 Å². The van der Waals surface area contributed by atoms with Gasteiger partial charge in [0.15, 0.2) is 0 Å². The van der Waals surface area contributed by atoms with Crippen molar-refractivity contribution in [2.24, 2.45) is 0 Å². The van der Waals surface area contributed by atoms with E-state index in [1.54, 1.807) is 0 Å². The minimum Gasteiger partial charge on any atom is -0.330 e. The number of carbonyl (C=O) groups excluding carboxylic acids is 1.